The molecule has 20 heavy (non-hydrogen) atoms. The summed E-state index contributed by atoms with van der Waals surface area (Å²) in [5.41, 5.74) is 1.64. The molecular weight excluding hydrogens is 328 g/mol. The number of amides is 2. The van der Waals surface area contributed by atoms with Gasteiger partial charge in [-0.1, -0.05) is 22.0 Å². The van der Waals surface area contributed by atoms with E-state index in [4.69, 9.17) is 9.84 Å². The minimum Gasteiger partial charge on any atom is -0.480 e. The average Bonchev–Trinajstić information content (AvgIpc) is 2.38. The third-order valence-corrected chi connectivity index (χ3v) is 3.46. The van der Waals surface area contributed by atoms with E-state index >= 15 is 0 Å². The molecule has 0 aliphatic rings. The number of urea groups is 1. The quantitative estimate of drug-likeness (QED) is 0.829. The number of aliphatic carboxylic acids is 1. The molecule has 0 radical (unpaired) electrons. The first kappa shape index (κ1) is 16.5. The standard InChI is InChI=1S/C13H17BrN2O4/c1-9-3-4-10(7-11(9)14)15-13(19)16(5-6-20-2)8-12(17)18/h3-4,7H,5-6,8H2,1-2H3,(H,15,19)(H,17,18). The topological polar surface area (TPSA) is 78.9 Å². The van der Waals surface area contributed by atoms with E-state index in [9.17, 15) is 9.59 Å². The van der Waals surface area contributed by atoms with E-state index in [0.717, 1.165) is 10.0 Å². The summed E-state index contributed by atoms with van der Waals surface area (Å²) in [4.78, 5) is 24.0. The molecule has 0 aliphatic heterocycles. The maximum Gasteiger partial charge on any atom is 0.323 e. The zero-order valence-corrected chi connectivity index (χ0v) is 12.9. The summed E-state index contributed by atoms with van der Waals surface area (Å²) < 4.78 is 5.74. The Morgan fingerprint density at radius 2 is 2.15 bits per heavy atom. The zero-order valence-electron chi connectivity index (χ0n) is 11.4. The smallest absolute Gasteiger partial charge is 0.323 e. The Kier molecular flexibility index (Phi) is 6.47. The van der Waals surface area contributed by atoms with Crippen molar-refractivity contribution in [3.8, 4) is 0 Å². The van der Waals surface area contributed by atoms with Crippen LogP contribution in [0.15, 0.2) is 22.7 Å². The van der Waals surface area contributed by atoms with Crippen molar-refractivity contribution in [1.82, 2.24) is 4.90 Å². The van der Waals surface area contributed by atoms with E-state index in [1.165, 1.54) is 12.0 Å². The van der Waals surface area contributed by atoms with Gasteiger partial charge in [0.15, 0.2) is 0 Å². The van der Waals surface area contributed by atoms with E-state index in [0.29, 0.717) is 5.69 Å². The van der Waals surface area contributed by atoms with Crippen molar-refractivity contribution in [2.45, 2.75) is 6.92 Å². The lowest BCUT2D eigenvalue weighted by molar-refractivity contribution is -0.137. The normalized spacial score (nSPS) is 10.2. The third-order valence-electron chi connectivity index (χ3n) is 2.60. The summed E-state index contributed by atoms with van der Waals surface area (Å²) in [5.74, 6) is -1.07. The minimum atomic E-state index is -1.07. The summed E-state index contributed by atoms with van der Waals surface area (Å²) in [5, 5.41) is 11.5. The number of methoxy groups -OCH3 is 1. The fourth-order valence-corrected chi connectivity index (χ4v) is 1.87. The van der Waals surface area contributed by atoms with E-state index in [1.807, 2.05) is 13.0 Å². The molecule has 0 spiro atoms. The molecule has 6 nitrogen and oxygen atoms in total. The first-order valence-corrected chi connectivity index (χ1v) is 6.76. The Bertz CT molecular complexity index is 493. The molecule has 0 atom stereocenters. The molecule has 1 rings (SSSR count). The van der Waals surface area contributed by atoms with Gasteiger partial charge in [0.05, 0.1) is 6.61 Å². The first-order valence-electron chi connectivity index (χ1n) is 5.97. The van der Waals surface area contributed by atoms with Crippen LogP contribution in [0.3, 0.4) is 0 Å². The van der Waals surface area contributed by atoms with Crippen molar-refractivity contribution in [2.75, 3.05) is 32.1 Å². The van der Waals surface area contributed by atoms with E-state index in [1.54, 1.807) is 12.1 Å². The number of ether oxygens (including phenoxy) is 1. The van der Waals surface area contributed by atoms with Gasteiger partial charge in [0, 0.05) is 23.8 Å². The maximum atomic E-state index is 12.0. The number of benzene rings is 1. The predicted molar refractivity (Wildman–Crippen MR) is 79.0 cm³/mol. The number of aryl methyl sites for hydroxylation is 1. The fraction of sp³-hybridized carbons (Fsp3) is 0.385. The molecule has 1 aromatic carbocycles. The molecular formula is C13H17BrN2O4. The third kappa shape index (κ3) is 5.18. The Balaban J connectivity index is 2.73. The molecule has 2 N–H and O–H groups in total. The molecule has 0 bridgehead atoms. The van der Waals surface area contributed by atoms with Crippen LogP contribution in [0.4, 0.5) is 10.5 Å². The number of hydrogen-bond donors (Lipinski definition) is 2. The lowest BCUT2D eigenvalue weighted by atomic mass is 10.2. The van der Waals surface area contributed by atoms with Crippen molar-refractivity contribution < 1.29 is 19.4 Å². The number of carbonyl (C=O) groups is 2. The highest BCUT2D eigenvalue weighted by Gasteiger charge is 2.16. The summed E-state index contributed by atoms with van der Waals surface area (Å²) in [6.45, 7) is 2.05. The van der Waals surface area contributed by atoms with Gasteiger partial charge in [0.2, 0.25) is 0 Å². The summed E-state index contributed by atoms with van der Waals surface area (Å²) in [7, 11) is 1.49. The van der Waals surface area contributed by atoms with Gasteiger partial charge < -0.3 is 20.1 Å². The molecule has 0 aliphatic carbocycles. The highest BCUT2D eigenvalue weighted by molar-refractivity contribution is 9.10. The fourth-order valence-electron chi connectivity index (χ4n) is 1.49. The van der Waals surface area contributed by atoms with Crippen LogP contribution in [0.2, 0.25) is 0 Å². The lowest BCUT2D eigenvalue weighted by Crippen LogP contribution is -2.40. The first-order chi connectivity index (χ1) is 9.43. The lowest BCUT2D eigenvalue weighted by Gasteiger charge is -2.21. The van der Waals surface area contributed by atoms with Crippen LogP contribution < -0.4 is 5.32 Å². The van der Waals surface area contributed by atoms with Crippen molar-refractivity contribution in [2.24, 2.45) is 0 Å². The highest BCUT2D eigenvalue weighted by Crippen LogP contribution is 2.20. The summed E-state index contributed by atoms with van der Waals surface area (Å²) in [6.07, 6.45) is 0. The Morgan fingerprint density at radius 1 is 1.45 bits per heavy atom. The molecule has 0 heterocycles. The van der Waals surface area contributed by atoms with Crippen LogP contribution in [0.1, 0.15) is 5.56 Å². The molecule has 2 amide bonds. The van der Waals surface area contributed by atoms with E-state index in [-0.39, 0.29) is 19.7 Å². The Morgan fingerprint density at radius 3 is 2.70 bits per heavy atom. The van der Waals surface area contributed by atoms with Crippen LogP contribution in [0, 0.1) is 6.92 Å². The van der Waals surface area contributed by atoms with Crippen molar-refractivity contribution in [1.29, 1.82) is 0 Å². The Labute approximate surface area is 125 Å². The largest absolute Gasteiger partial charge is 0.480 e. The zero-order chi connectivity index (χ0) is 15.1. The number of carbonyl (C=O) groups excluding carboxylic acids is 1. The predicted octanol–water partition coefficient (Wildman–Crippen LogP) is 2.32. The molecule has 0 fully saturated rings. The number of carboxylic acid groups (broad SMARTS) is 1. The number of nitrogens with zero attached hydrogens (tertiary/aromatic N) is 1. The molecule has 7 heteroatoms. The number of nitrogens with one attached hydrogen (secondary N) is 1. The van der Waals surface area contributed by atoms with Gasteiger partial charge in [-0.3, -0.25) is 4.79 Å². The van der Waals surface area contributed by atoms with Gasteiger partial charge in [-0.15, -0.1) is 0 Å². The summed E-state index contributed by atoms with van der Waals surface area (Å²) in [6, 6.07) is 4.91. The molecule has 0 unspecified atom stereocenters. The van der Waals surface area contributed by atoms with Crippen molar-refractivity contribution in [3.05, 3.63) is 28.2 Å². The maximum absolute atomic E-state index is 12.0. The van der Waals surface area contributed by atoms with Crippen LogP contribution in [-0.2, 0) is 9.53 Å². The van der Waals surface area contributed by atoms with Crippen molar-refractivity contribution in [3.63, 3.8) is 0 Å². The second-order valence-corrected chi connectivity index (χ2v) is 5.06. The number of halogens is 1. The van der Waals surface area contributed by atoms with Crippen LogP contribution in [0.5, 0.6) is 0 Å². The van der Waals surface area contributed by atoms with E-state index in [2.05, 4.69) is 21.2 Å². The molecule has 1 aromatic rings. The molecule has 0 saturated carbocycles. The van der Waals surface area contributed by atoms with Gasteiger partial charge in [0.25, 0.3) is 0 Å². The Hall–Kier alpha value is -1.60. The number of rotatable bonds is 6. The van der Waals surface area contributed by atoms with Crippen LogP contribution in [-0.4, -0.2) is 48.8 Å². The highest BCUT2D eigenvalue weighted by atomic mass is 79.9. The number of carboxylic acids is 1. The van der Waals surface area contributed by atoms with Gasteiger partial charge in [-0.2, -0.15) is 0 Å². The number of hydrogen-bond acceptors (Lipinski definition) is 3. The average molecular weight is 345 g/mol. The van der Waals surface area contributed by atoms with E-state index < -0.39 is 12.0 Å². The van der Waals surface area contributed by atoms with Gasteiger partial charge in [-0.25, -0.2) is 4.79 Å². The molecule has 0 aromatic heterocycles. The monoisotopic (exact) mass is 344 g/mol. The van der Waals surface area contributed by atoms with Gasteiger partial charge in [-0.05, 0) is 24.6 Å². The number of anilines is 1. The second-order valence-electron chi connectivity index (χ2n) is 4.20. The van der Waals surface area contributed by atoms with Crippen molar-refractivity contribution >= 4 is 33.6 Å². The second kappa shape index (κ2) is 7.86. The van der Waals surface area contributed by atoms with Crippen LogP contribution >= 0.6 is 15.9 Å². The SMILES string of the molecule is COCCN(CC(=O)O)C(=O)Nc1ccc(C)c(Br)c1. The van der Waals surface area contributed by atoms with Gasteiger partial charge >= 0.3 is 12.0 Å². The van der Waals surface area contributed by atoms with Crippen LogP contribution in [0.25, 0.3) is 0 Å². The summed E-state index contributed by atoms with van der Waals surface area (Å²) >= 11 is 3.38. The van der Waals surface area contributed by atoms with Gasteiger partial charge in [0.1, 0.15) is 6.54 Å². The minimum absolute atomic E-state index is 0.210. The molecule has 110 valence electrons. The molecule has 0 saturated heterocycles.